The molecule has 2 rings (SSSR count). The molecule has 1 amide bonds. The Hall–Kier alpha value is -1.32. The average molecular weight is 249 g/mol. The van der Waals surface area contributed by atoms with Crippen molar-refractivity contribution >= 4 is 5.91 Å². The number of nitrogens with one attached hydrogen (secondary N) is 1. The number of nitrogens with zero attached hydrogens (tertiary/aromatic N) is 2. The van der Waals surface area contributed by atoms with Crippen molar-refractivity contribution in [1.82, 2.24) is 14.9 Å². The highest BCUT2D eigenvalue weighted by atomic mass is 16.1. The lowest BCUT2D eigenvalue weighted by Crippen LogP contribution is -2.34. The van der Waals surface area contributed by atoms with Crippen LogP contribution in [0.4, 0.5) is 0 Å². The molecule has 100 valence electrons. The van der Waals surface area contributed by atoms with Crippen LogP contribution in [0.3, 0.4) is 0 Å². The molecular formula is C14H23N3O. The summed E-state index contributed by atoms with van der Waals surface area (Å²) in [5.41, 5.74) is 0. The van der Waals surface area contributed by atoms with Crippen LogP contribution in [-0.2, 0) is 4.79 Å². The maximum atomic E-state index is 12.0. The van der Waals surface area contributed by atoms with Gasteiger partial charge in [0.1, 0.15) is 0 Å². The van der Waals surface area contributed by atoms with Crippen LogP contribution in [0.2, 0.25) is 0 Å². The lowest BCUT2D eigenvalue weighted by molar-refractivity contribution is -0.122. The molecule has 4 nitrogen and oxygen atoms in total. The first-order valence-electron chi connectivity index (χ1n) is 7.06. The van der Waals surface area contributed by atoms with Crippen molar-refractivity contribution < 1.29 is 4.79 Å². The summed E-state index contributed by atoms with van der Waals surface area (Å²) in [5.74, 6) is 0.189. The first-order valence-corrected chi connectivity index (χ1v) is 7.06. The van der Waals surface area contributed by atoms with Crippen LogP contribution in [0, 0.1) is 0 Å². The van der Waals surface area contributed by atoms with Gasteiger partial charge < -0.3 is 9.88 Å². The minimum Gasteiger partial charge on any atom is -0.353 e. The lowest BCUT2D eigenvalue weighted by atomic mass is 10.1. The van der Waals surface area contributed by atoms with Crippen molar-refractivity contribution in [2.45, 2.75) is 64.0 Å². The molecule has 1 aromatic rings. The summed E-state index contributed by atoms with van der Waals surface area (Å²) >= 11 is 0. The van der Waals surface area contributed by atoms with Crippen molar-refractivity contribution in [3.8, 4) is 0 Å². The van der Waals surface area contributed by atoms with Crippen molar-refractivity contribution in [3.05, 3.63) is 18.7 Å². The average Bonchev–Trinajstić information content (AvgIpc) is 3.00. The van der Waals surface area contributed by atoms with Gasteiger partial charge in [-0.05, 0) is 19.3 Å². The molecule has 0 spiro atoms. The largest absolute Gasteiger partial charge is 0.353 e. The highest BCUT2D eigenvalue weighted by molar-refractivity contribution is 5.76. The van der Waals surface area contributed by atoms with Gasteiger partial charge in [-0.15, -0.1) is 0 Å². The number of hydrogen-bond donors (Lipinski definition) is 1. The maximum Gasteiger partial charge on any atom is 0.222 e. The second kappa shape index (κ2) is 6.57. The second-order valence-electron chi connectivity index (χ2n) is 5.21. The minimum atomic E-state index is 0.189. The fraction of sp³-hybridized carbons (Fsp3) is 0.714. The molecule has 1 aromatic heterocycles. The van der Waals surface area contributed by atoms with Gasteiger partial charge in [0, 0.05) is 30.9 Å². The van der Waals surface area contributed by atoms with E-state index in [0.29, 0.717) is 12.5 Å². The van der Waals surface area contributed by atoms with Crippen molar-refractivity contribution in [2.24, 2.45) is 0 Å². The predicted molar refractivity (Wildman–Crippen MR) is 71.2 cm³/mol. The smallest absolute Gasteiger partial charge is 0.222 e. The zero-order valence-electron chi connectivity index (χ0n) is 11.1. The van der Waals surface area contributed by atoms with Gasteiger partial charge >= 0.3 is 0 Å². The summed E-state index contributed by atoms with van der Waals surface area (Å²) < 4.78 is 2.05. The van der Waals surface area contributed by atoms with Gasteiger partial charge in [-0.25, -0.2) is 4.98 Å². The zero-order valence-corrected chi connectivity index (χ0v) is 11.1. The number of carbonyl (C=O) groups is 1. The van der Waals surface area contributed by atoms with Crippen molar-refractivity contribution in [3.63, 3.8) is 0 Å². The summed E-state index contributed by atoms with van der Waals surface area (Å²) in [4.78, 5) is 16.1. The third-order valence-corrected chi connectivity index (χ3v) is 3.71. The van der Waals surface area contributed by atoms with Crippen molar-refractivity contribution in [1.29, 1.82) is 0 Å². The second-order valence-corrected chi connectivity index (χ2v) is 5.21. The monoisotopic (exact) mass is 249 g/mol. The van der Waals surface area contributed by atoms with Gasteiger partial charge in [0.05, 0.1) is 6.33 Å². The van der Waals surface area contributed by atoms with Crippen LogP contribution in [0.5, 0.6) is 0 Å². The Labute approximate surface area is 109 Å². The Morgan fingerprint density at radius 2 is 2.28 bits per heavy atom. The number of imidazole rings is 1. The standard InChI is InChI=1S/C14H23N3O/c1-2-5-13(17-9-8-15-11-17)10-14(18)16-12-6-3-4-7-12/h8-9,11-13H,2-7,10H2,1H3,(H,16,18). The zero-order chi connectivity index (χ0) is 12.8. The number of hydrogen-bond acceptors (Lipinski definition) is 2. The molecule has 0 saturated heterocycles. The van der Waals surface area contributed by atoms with E-state index < -0.39 is 0 Å². The van der Waals surface area contributed by atoms with Crippen molar-refractivity contribution in [2.75, 3.05) is 0 Å². The molecule has 4 heteroatoms. The molecule has 1 unspecified atom stereocenters. The molecule has 1 saturated carbocycles. The first-order chi connectivity index (χ1) is 8.79. The Kier molecular flexibility index (Phi) is 4.79. The number of rotatable bonds is 6. The molecule has 1 fully saturated rings. The van der Waals surface area contributed by atoms with Gasteiger partial charge in [0.2, 0.25) is 5.91 Å². The highest BCUT2D eigenvalue weighted by Crippen LogP contribution is 2.20. The van der Waals surface area contributed by atoms with Crippen LogP contribution >= 0.6 is 0 Å². The third kappa shape index (κ3) is 3.59. The SMILES string of the molecule is CCCC(CC(=O)NC1CCCC1)n1ccnc1. The van der Waals surface area contributed by atoms with Gasteiger partial charge in [0.15, 0.2) is 0 Å². The van der Waals surface area contributed by atoms with Crippen LogP contribution in [0.15, 0.2) is 18.7 Å². The molecule has 0 bridgehead atoms. The van der Waals surface area contributed by atoms with Gasteiger partial charge in [-0.1, -0.05) is 26.2 Å². The summed E-state index contributed by atoms with van der Waals surface area (Å²) in [7, 11) is 0. The molecule has 1 heterocycles. The molecule has 1 aliphatic rings. The third-order valence-electron chi connectivity index (χ3n) is 3.71. The topological polar surface area (TPSA) is 46.9 Å². The minimum absolute atomic E-state index is 0.189. The summed E-state index contributed by atoms with van der Waals surface area (Å²) in [6.45, 7) is 2.15. The lowest BCUT2D eigenvalue weighted by Gasteiger charge is -2.19. The normalized spacial score (nSPS) is 17.8. The maximum absolute atomic E-state index is 12.0. The number of aromatic nitrogens is 2. The van der Waals surface area contributed by atoms with Crippen LogP contribution in [0.25, 0.3) is 0 Å². The van der Waals surface area contributed by atoms with Crippen LogP contribution < -0.4 is 5.32 Å². The van der Waals surface area contributed by atoms with E-state index in [9.17, 15) is 4.79 Å². The molecule has 1 atom stereocenters. The molecule has 0 aliphatic heterocycles. The number of amides is 1. The fourth-order valence-electron chi connectivity index (χ4n) is 2.75. The van der Waals surface area contributed by atoms with Gasteiger partial charge in [-0.3, -0.25) is 4.79 Å². The Balaban J connectivity index is 1.86. The molecule has 0 radical (unpaired) electrons. The van der Waals surface area contributed by atoms with Crippen LogP contribution in [0.1, 0.15) is 57.9 Å². The fourth-order valence-corrected chi connectivity index (χ4v) is 2.75. The first kappa shape index (κ1) is 13.1. The summed E-state index contributed by atoms with van der Waals surface area (Å²) in [5, 5.41) is 3.16. The Morgan fingerprint density at radius 3 is 2.89 bits per heavy atom. The van der Waals surface area contributed by atoms with E-state index in [4.69, 9.17) is 0 Å². The van der Waals surface area contributed by atoms with E-state index in [1.807, 2.05) is 12.5 Å². The summed E-state index contributed by atoms with van der Waals surface area (Å²) in [6, 6.07) is 0.668. The quantitative estimate of drug-likeness (QED) is 0.842. The molecule has 18 heavy (non-hydrogen) atoms. The molecule has 1 aliphatic carbocycles. The van der Waals surface area contributed by atoms with E-state index >= 15 is 0 Å². The van der Waals surface area contributed by atoms with Gasteiger partial charge in [-0.2, -0.15) is 0 Å². The Bertz CT molecular complexity index is 355. The Morgan fingerprint density at radius 1 is 1.50 bits per heavy atom. The summed E-state index contributed by atoms with van der Waals surface area (Å²) in [6.07, 6.45) is 13.0. The van der Waals surface area contributed by atoms with E-state index in [2.05, 4.69) is 21.8 Å². The van der Waals surface area contributed by atoms with E-state index in [1.165, 1.54) is 12.8 Å². The van der Waals surface area contributed by atoms with E-state index in [-0.39, 0.29) is 11.9 Å². The molecule has 0 aromatic carbocycles. The van der Waals surface area contributed by atoms with E-state index in [1.54, 1.807) is 6.20 Å². The number of carbonyl (C=O) groups excluding carboxylic acids is 1. The predicted octanol–water partition coefficient (Wildman–Crippen LogP) is 2.67. The molecular weight excluding hydrogens is 226 g/mol. The highest BCUT2D eigenvalue weighted by Gasteiger charge is 2.20. The molecule has 1 N–H and O–H groups in total. The van der Waals surface area contributed by atoms with Crippen LogP contribution in [-0.4, -0.2) is 21.5 Å². The van der Waals surface area contributed by atoms with E-state index in [0.717, 1.165) is 25.7 Å². The van der Waals surface area contributed by atoms with Gasteiger partial charge in [0.25, 0.3) is 0 Å².